The first-order valence-corrected chi connectivity index (χ1v) is 8.70. The van der Waals surface area contributed by atoms with Gasteiger partial charge < -0.3 is 9.72 Å². The lowest BCUT2D eigenvalue weighted by molar-refractivity contribution is -0.140. The van der Waals surface area contributed by atoms with E-state index in [4.69, 9.17) is 0 Å². The van der Waals surface area contributed by atoms with Crippen molar-refractivity contribution < 1.29 is 19.1 Å². The van der Waals surface area contributed by atoms with E-state index in [9.17, 15) is 14.4 Å². The van der Waals surface area contributed by atoms with Crippen molar-refractivity contribution in [3.8, 4) is 0 Å². The first-order valence-electron chi connectivity index (χ1n) is 8.70. The van der Waals surface area contributed by atoms with Crippen LogP contribution in [-0.4, -0.2) is 34.8 Å². The minimum absolute atomic E-state index is 0.241. The number of ether oxygens (including phenoxy) is 1. The monoisotopic (exact) mass is 362 g/mol. The van der Waals surface area contributed by atoms with Gasteiger partial charge in [0.15, 0.2) is 0 Å². The summed E-state index contributed by atoms with van der Waals surface area (Å²) < 4.78 is 4.68. The number of aromatic nitrogens is 1. The predicted molar refractivity (Wildman–Crippen MR) is 99.3 cm³/mol. The molecule has 0 radical (unpaired) electrons. The molecule has 27 heavy (non-hydrogen) atoms. The maximum atomic E-state index is 13.0. The van der Waals surface area contributed by atoms with Crippen LogP contribution < -0.4 is 0 Å². The molecule has 0 aliphatic carbocycles. The van der Waals surface area contributed by atoms with Gasteiger partial charge in [0.2, 0.25) is 0 Å². The fraction of sp³-hybridized carbons (Fsp3) is 0.190. The maximum absolute atomic E-state index is 13.0. The van der Waals surface area contributed by atoms with Crippen LogP contribution in [-0.2, 0) is 22.5 Å². The third kappa shape index (κ3) is 2.89. The highest BCUT2D eigenvalue weighted by Crippen LogP contribution is 2.32. The van der Waals surface area contributed by atoms with E-state index in [1.54, 1.807) is 12.3 Å². The predicted octanol–water partition coefficient (Wildman–Crippen LogP) is 3.07. The number of fused-ring (bicyclic) bond motifs is 3. The van der Waals surface area contributed by atoms with Gasteiger partial charge in [-0.2, -0.15) is 0 Å². The van der Waals surface area contributed by atoms with E-state index in [1.165, 1.54) is 12.0 Å². The molecule has 2 aromatic carbocycles. The fourth-order valence-electron chi connectivity index (χ4n) is 3.49. The van der Waals surface area contributed by atoms with Crippen LogP contribution in [0.5, 0.6) is 0 Å². The number of aromatic amines is 1. The molecule has 0 fully saturated rings. The van der Waals surface area contributed by atoms with Crippen LogP contribution >= 0.6 is 0 Å². The number of hydrogen-bond acceptors (Lipinski definition) is 4. The second-order valence-corrected chi connectivity index (χ2v) is 6.48. The Morgan fingerprint density at radius 1 is 1.07 bits per heavy atom. The molecule has 1 aliphatic heterocycles. The maximum Gasteiger partial charge on any atom is 0.305 e. The second kappa shape index (κ2) is 6.72. The van der Waals surface area contributed by atoms with Crippen LogP contribution in [0, 0.1) is 0 Å². The normalized spacial score (nSPS) is 13.3. The quantitative estimate of drug-likeness (QED) is 0.559. The van der Waals surface area contributed by atoms with Crippen LogP contribution in [0.1, 0.15) is 38.3 Å². The van der Waals surface area contributed by atoms with Crippen molar-refractivity contribution in [1.29, 1.82) is 0 Å². The minimum Gasteiger partial charge on any atom is -0.469 e. The average molecular weight is 362 g/mol. The van der Waals surface area contributed by atoms with Gasteiger partial charge in [-0.15, -0.1) is 0 Å². The number of nitrogens with zero attached hydrogens (tertiary/aromatic N) is 1. The summed E-state index contributed by atoms with van der Waals surface area (Å²) in [6.07, 6.45) is 2.54. The van der Waals surface area contributed by atoms with Crippen molar-refractivity contribution in [2.75, 3.05) is 7.11 Å². The minimum atomic E-state index is -0.300. The van der Waals surface area contributed by atoms with Crippen molar-refractivity contribution in [2.24, 2.45) is 0 Å². The number of H-pyrrole nitrogens is 1. The largest absolute Gasteiger partial charge is 0.469 e. The lowest BCUT2D eigenvalue weighted by Gasteiger charge is -2.13. The zero-order valence-electron chi connectivity index (χ0n) is 14.8. The molecule has 0 saturated heterocycles. The van der Waals surface area contributed by atoms with Crippen molar-refractivity contribution in [2.45, 2.75) is 19.4 Å². The Bertz CT molecular complexity index is 1050. The fourth-order valence-corrected chi connectivity index (χ4v) is 3.49. The van der Waals surface area contributed by atoms with E-state index < -0.39 is 0 Å². The number of imide groups is 1. The number of hydrogen-bond donors (Lipinski definition) is 1. The lowest BCUT2D eigenvalue weighted by atomic mass is 10.0. The van der Waals surface area contributed by atoms with Crippen molar-refractivity contribution in [3.05, 3.63) is 70.9 Å². The lowest BCUT2D eigenvalue weighted by Crippen LogP contribution is -2.29. The second-order valence-electron chi connectivity index (χ2n) is 6.48. The molecular formula is C21H18N2O4. The van der Waals surface area contributed by atoms with Gasteiger partial charge in [-0.3, -0.25) is 19.3 Å². The van der Waals surface area contributed by atoms with E-state index in [0.717, 1.165) is 16.5 Å². The molecule has 2 amide bonds. The first kappa shape index (κ1) is 17.0. The number of rotatable bonds is 5. The molecule has 0 atom stereocenters. The highest BCUT2D eigenvalue weighted by atomic mass is 16.5. The summed E-state index contributed by atoms with van der Waals surface area (Å²) in [4.78, 5) is 41.5. The highest BCUT2D eigenvalue weighted by molar-refractivity contribution is 6.26. The number of nitrogens with one attached hydrogen (secondary N) is 1. The van der Waals surface area contributed by atoms with E-state index in [1.807, 2.05) is 36.4 Å². The molecule has 0 bridgehead atoms. The number of aryl methyl sites for hydroxylation is 1. The summed E-state index contributed by atoms with van der Waals surface area (Å²) >= 11 is 0. The van der Waals surface area contributed by atoms with Crippen LogP contribution in [0.25, 0.3) is 10.9 Å². The summed E-state index contributed by atoms with van der Waals surface area (Å²) in [5, 5.41) is 0.848. The standard InChI is InChI=1S/C21H18N2O4/c1-27-17(24)10-7-14-11-22-19-15(14)8-9-16-18(19)21(26)23(20(16)25)12-13-5-3-2-4-6-13/h2-6,8-9,11,22H,7,10,12H2,1H3. The van der Waals surface area contributed by atoms with E-state index in [-0.39, 0.29) is 30.7 Å². The van der Waals surface area contributed by atoms with E-state index in [2.05, 4.69) is 9.72 Å². The van der Waals surface area contributed by atoms with Crippen molar-refractivity contribution in [1.82, 2.24) is 9.88 Å². The van der Waals surface area contributed by atoms with Gasteiger partial charge in [0.1, 0.15) is 0 Å². The summed E-state index contributed by atoms with van der Waals surface area (Å²) in [6, 6.07) is 12.9. The van der Waals surface area contributed by atoms with Crippen LogP contribution in [0.4, 0.5) is 0 Å². The molecule has 136 valence electrons. The molecule has 0 saturated carbocycles. The third-order valence-electron chi connectivity index (χ3n) is 4.89. The van der Waals surface area contributed by atoms with Crippen molar-refractivity contribution >= 4 is 28.7 Å². The SMILES string of the molecule is COC(=O)CCc1c[nH]c2c3c(ccc12)C(=O)N(Cc1ccccc1)C3=O. The molecule has 0 unspecified atom stereocenters. The molecule has 1 aromatic heterocycles. The molecule has 3 aromatic rings. The Morgan fingerprint density at radius 2 is 1.85 bits per heavy atom. The zero-order chi connectivity index (χ0) is 19.0. The Labute approximate surface area is 155 Å². The van der Waals surface area contributed by atoms with Gasteiger partial charge in [-0.1, -0.05) is 36.4 Å². The molecule has 1 N–H and O–H groups in total. The van der Waals surface area contributed by atoms with Crippen LogP contribution in [0.3, 0.4) is 0 Å². The van der Waals surface area contributed by atoms with E-state index in [0.29, 0.717) is 23.1 Å². The molecule has 1 aliphatic rings. The summed E-state index contributed by atoms with van der Waals surface area (Å²) in [7, 11) is 1.36. The van der Waals surface area contributed by atoms with Gasteiger partial charge in [0.25, 0.3) is 11.8 Å². The molecule has 4 rings (SSSR count). The smallest absolute Gasteiger partial charge is 0.305 e. The van der Waals surface area contributed by atoms with Crippen LogP contribution in [0.2, 0.25) is 0 Å². The summed E-state index contributed by atoms with van der Waals surface area (Å²) in [5.74, 6) is -0.872. The Balaban J connectivity index is 1.67. The Kier molecular flexibility index (Phi) is 4.24. The van der Waals surface area contributed by atoms with E-state index >= 15 is 0 Å². The summed E-state index contributed by atoms with van der Waals surface area (Å²) in [6.45, 7) is 0.241. The summed E-state index contributed by atoms with van der Waals surface area (Å²) in [5.41, 5.74) is 3.26. The Morgan fingerprint density at radius 3 is 2.59 bits per heavy atom. The first-order chi connectivity index (χ1) is 13.1. The van der Waals surface area contributed by atoms with Gasteiger partial charge in [-0.25, -0.2) is 0 Å². The van der Waals surface area contributed by atoms with Crippen molar-refractivity contribution in [3.63, 3.8) is 0 Å². The number of amides is 2. The zero-order valence-corrected chi connectivity index (χ0v) is 14.8. The number of carbonyl (C=O) groups is 3. The third-order valence-corrected chi connectivity index (χ3v) is 4.89. The van der Waals surface area contributed by atoms with Gasteiger partial charge >= 0.3 is 5.97 Å². The molecule has 6 nitrogen and oxygen atoms in total. The molecule has 0 spiro atoms. The highest BCUT2D eigenvalue weighted by Gasteiger charge is 2.37. The number of methoxy groups -OCH3 is 1. The number of benzene rings is 2. The topological polar surface area (TPSA) is 79.5 Å². The molecular weight excluding hydrogens is 344 g/mol. The number of esters is 1. The van der Waals surface area contributed by atoms with Crippen LogP contribution in [0.15, 0.2) is 48.7 Å². The molecule has 6 heteroatoms. The average Bonchev–Trinajstić information content (AvgIpc) is 3.21. The van der Waals surface area contributed by atoms with Gasteiger partial charge in [0, 0.05) is 18.0 Å². The number of carbonyl (C=O) groups excluding carboxylic acids is 3. The molecule has 2 heterocycles. The Hall–Kier alpha value is -3.41. The van der Waals surface area contributed by atoms with Gasteiger partial charge in [-0.05, 0) is 23.6 Å². The van der Waals surface area contributed by atoms with Gasteiger partial charge in [0.05, 0.1) is 30.3 Å².